The number of aromatic amines is 1. The number of benzene rings is 1. The molecule has 1 aromatic carbocycles. The average molecular weight is 995 g/mol. The fourth-order valence-corrected chi connectivity index (χ4v) is 15.5. The summed E-state index contributed by atoms with van der Waals surface area (Å²) in [6.45, 7) is 16.1. The highest BCUT2D eigenvalue weighted by atomic mass is 16.8. The molecule has 2 saturated heterocycles. The van der Waals surface area contributed by atoms with Crippen molar-refractivity contribution in [2.75, 3.05) is 6.54 Å². The van der Waals surface area contributed by atoms with Gasteiger partial charge in [0.05, 0.1) is 6.10 Å². The number of rotatable bonds is 12. The van der Waals surface area contributed by atoms with Crippen LogP contribution in [0.3, 0.4) is 0 Å². The van der Waals surface area contributed by atoms with Crippen LogP contribution in [0.4, 0.5) is 0 Å². The van der Waals surface area contributed by atoms with Crippen LogP contribution in [0.15, 0.2) is 42.1 Å². The van der Waals surface area contributed by atoms with Gasteiger partial charge in [0.1, 0.15) is 42.7 Å². The first-order valence-electron chi connectivity index (χ1n) is 25.4. The molecule has 6 fully saturated rings. The van der Waals surface area contributed by atoms with E-state index in [-0.39, 0.29) is 39.8 Å². The van der Waals surface area contributed by atoms with Gasteiger partial charge < -0.3 is 70.1 Å². The van der Waals surface area contributed by atoms with E-state index < -0.39 is 108 Å². The van der Waals surface area contributed by atoms with Crippen LogP contribution in [0.2, 0.25) is 0 Å². The number of carboxylic acids is 3. The van der Waals surface area contributed by atoms with E-state index in [2.05, 4.69) is 44.9 Å². The van der Waals surface area contributed by atoms with E-state index in [4.69, 9.17) is 18.9 Å². The summed E-state index contributed by atoms with van der Waals surface area (Å²) in [5.41, 5.74) is 0.995. The van der Waals surface area contributed by atoms with Gasteiger partial charge in [0.2, 0.25) is 0 Å². The Morgan fingerprint density at radius 1 is 0.775 bits per heavy atom. The van der Waals surface area contributed by atoms with Crippen LogP contribution in [0.25, 0.3) is 10.9 Å². The molecule has 1 aromatic heterocycles. The number of aliphatic carboxylic acids is 3. The molecule has 0 amide bonds. The fourth-order valence-electron chi connectivity index (χ4n) is 15.5. The number of carboxylic acid groups (broad SMARTS) is 3. The molecule has 2 aliphatic heterocycles. The van der Waals surface area contributed by atoms with Gasteiger partial charge in [0.15, 0.2) is 30.6 Å². The molecule has 392 valence electrons. The van der Waals surface area contributed by atoms with Crippen LogP contribution < -0.4 is 5.32 Å². The van der Waals surface area contributed by atoms with Gasteiger partial charge in [0, 0.05) is 36.0 Å². The summed E-state index contributed by atoms with van der Waals surface area (Å²) >= 11 is 0. The maximum atomic E-state index is 15.3. The van der Waals surface area contributed by atoms with Crippen molar-refractivity contribution in [3.05, 3.63) is 47.7 Å². The first kappa shape index (κ1) is 52.1. The number of hydrogen-bond donors (Lipinski definition) is 10. The first-order chi connectivity index (χ1) is 33.2. The summed E-state index contributed by atoms with van der Waals surface area (Å²) in [6.07, 6.45) is -8.96. The molecule has 0 spiro atoms. The molecule has 9 rings (SSSR count). The van der Waals surface area contributed by atoms with Crippen LogP contribution in [0.5, 0.6) is 0 Å². The Kier molecular flexibility index (Phi) is 13.4. The monoisotopic (exact) mass is 995 g/mol. The largest absolute Gasteiger partial charge is 0.480 e. The number of aliphatic hydroxyl groups is 5. The van der Waals surface area contributed by atoms with Crippen molar-refractivity contribution in [1.29, 1.82) is 0 Å². The molecule has 2 aromatic rings. The number of aliphatic hydroxyl groups excluding tert-OH is 5. The highest BCUT2D eigenvalue weighted by Crippen LogP contribution is 2.75. The summed E-state index contributed by atoms with van der Waals surface area (Å²) in [6, 6.07) is 7.12. The van der Waals surface area contributed by atoms with Crippen molar-refractivity contribution in [3.63, 3.8) is 0 Å². The molecule has 2 unspecified atom stereocenters. The zero-order valence-electron chi connectivity index (χ0n) is 41.7. The third kappa shape index (κ3) is 8.40. The van der Waals surface area contributed by atoms with Gasteiger partial charge in [-0.25, -0.2) is 9.59 Å². The minimum atomic E-state index is -2.05. The lowest BCUT2D eigenvalue weighted by Crippen LogP contribution is -2.68. The van der Waals surface area contributed by atoms with E-state index >= 15 is 4.79 Å². The van der Waals surface area contributed by atoms with Crippen LogP contribution in [-0.2, 0) is 44.5 Å². The number of nitrogens with one attached hydrogen (secondary N) is 2. The molecule has 7 aliphatic rings. The van der Waals surface area contributed by atoms with Crippen molar-refractivity contribution in [1.82, 2.24) is 10.3 Å². The predicted octanol–water partition coefficient (Wildman–Crippen LogP) is 3.93. The molecule has 5 aliphatic carbocycles. The number of para-hydroxylation sites is 1. The van der Waals surface area contributed by atoms with Crippen LogP contribution in [0.1, 0.15) is 112 Å². The van der Waals surface area contributed by atoms with Crippen LogP contribution in [-0.4, -0.2) is 150 Å². The summed E-state index contributed by atoms with van der Waals surface area (Å²) in [5.74, 6) is -4.35. The fraction of sp³-hybridized carbons (Fsp3) is 0.736. The summed E-state index contributed by atoms with van der Waals surface area (Å²) in [5, 5.41) is 88.3. The third-order valence-electron chi connectivity index (χ3n) is 20.0. The molecule has 20 atom stereocenters. The normalized spacial score (nSPS) is 45.6. The van der Waals surface area contributed by atoms with Gasteiger partial charge in [-0.15, -0.1) is 0 Å². The van der Waals surface area contributed by atoms with Crippen molar-refractivity contribution < 1.29 is 79.0 Å². The molecular weight excluding hydrogens is 921 g/mol. The van der Waals surface area contributed by atoms with E-state index in [0.29, 0.717) is 25.8 Å². The highest BCUT2D eigenvalue weighted by molar-refractivity contribution is 5.95. The van der Waals surface area contributed by atoms with Crippen LogP contribution >= 0.6 is 0 Å². The van der Waals surface area contributed by atoms with Gasteiger partial charge >= 0.3 is 17.9 Å². The van der Waals surface area contributed by atoms with E-state index in [1.807, 2.05) is 50.4 Å². The molecular formula is C53H74N2O16. The molecule has 3 heterocycles. The number of fused-ring (bicyclic) bond motifs is 8. The Labute approximate surface area is 413 Å². The van der Waals surface area contributed by atoms with Crippen molar-refractivity contribution in [2.45, 2.75) is 186 Å². The van der Waals surface area contributed by atoms with Gasteiger partial charge in [-0.05, 0) is 120 Å². The summed E-state index contributed by atoms with van der Waals surface area (Å²) in [4.78, 5) is 55.4. The van der Waals surface area contributed by atoms with Gasteiger partial charge in [-0.3, -0.25) is 9.59 Å². The Morgan fingerprint density at radius 3 is 2.10 bits per heavy atom. The summed E-state index contributed by atoms with van der Waals surface area (Å²) in [7, 11) is 0. The zero-order chi connectivity index (χ0) is 51.5. The van der Waals surface area contributed by atoms with E-state index in [1.165, 1.54) is 5.57 Å². The number of allylic oxidation sites excluding steroid dienone is 2. The molecule has 4 saturated carbocycles. The second kappa shape index (κ2) is 18.2. The Morgan fingerprint density at radius 2 is 1.42 bits per heavy atom. The van der Waals surface area contributed by atoms with Crippen molar-refractivity contribution in [2.24, 2.45) is 50.2 Å². The lowest BCUT2D eigenvalue weighted by Gasteiger charge is -2.70. The number of H-pyrrole nitrogens is 1. The Bertz CT molecular complexity index is 2440. The van der Waals surface area contributed by atoms with Crippen molar-refractivity contribution >= 4 is 34.6 Å². The number of aromatic nitrogens is 1. The molecule has 18 nitrogen and oxygen atoms in total. The molecule has 0 radical (unpaired) electrons. The maximum Gasteiger partial charge on any atom is 0.335 e. The number of carbonyl (C=O) groups excluding carboxylic acids is 1. The first-order valence-corrected chi connectivity index (χ1v) is 25.4. The average Bonchev–Trinajstić information content (AvgIpc) is 3.71. The number of ketones is 1. The highest BCUT2D eigenvalue weighted by Gasteiger charge is 2.70. The minimum Gasteiger partial charge on any atom is -0.480 e. The van der Waals surface area contributed by atoms with Gasteiger partial charge in [0.25, 0.3) is 0 Å². The smallest absolute Gasteiger partial charge is 0.335 e. The number of hydrogen-bond acceptors (Lipinski definition) is 14. The Balaban J connectivity index is 0.948. The second-order valence-electron chi connectivity index (χ2n) is 24.4. The molecule has 18 heteroatoms. The van der Waals surface area contributed by atoms with Crippen LogP contribution in [0, 0.1) is 50.2 Å². The standard InChI is InChI=1S/C53H74N2O16/c1-48(2)32-12-15-53(7)42(51(32,5)14-13-33(48)68-47-41(37(60)36(59)40(70-47)45(66)67)71-46-38(61)34(57)35(58)39(69-46)44(64)65)31(56)21-27-28-22-49(3,16-17-50(28,4)18-19-52(27,53)6)24-55-30(43(62)63)20-25-23-54-29-11-9-8-10-26(25)29/h8-11,21,23,28,30,32-42,46-47,54-55,57-61H,12-20,22,24H2,1-7H3,(H,62,63)(H,64,65)(H,66,67)/t28-,30-,32?,33-,34-,35-,36-,37-,38+,39-,40-,41+,42?,46-,47+,49-,50+,51-,52+,53+/m0/s1. The number of carbonyl (C=O) groups is 4. The molecule has 0 bridgehead atoms. The van der Waals surface area contributed by atoms with Crippen molar-refractivity contribution in [3.8, 4) is 0 Å². The molecule has 10 N–H and O–H groups in total. The maximum absolute atomic E-state index is 15.3. The minimum absolute atomic E-state index is 0.0185. The van der Waals surface area contributed by atoms with Gasteiger partial charge in [-0.2, -0.15) is 0 Å². The third-order valence-corrected chi connectivity index (χ3v) is 20.0. The lowest BCUT2D eigenvalue weighted by molar-refractivity contribution is -0.371. The van der Waals surface area contributed by atoms with E-state index in [9.17, 15) is 55.2 Å². The SMILES string of the molecule is CC1(C)C2CC[C@]3(C)C(C(=O)C=C4[C@@H]5C[C@@](C)(CN[C@@H](Cc6c[nH]c7ccccc67)C(=O)O)CC[C@]5(C)CC[C@]43C)[C@@]2(C)CC[C@@H]1O[C@@H]1O[C@H](C(=O)O)[C@@H](O)[C@H](O)[C@H]1O[C@@H]1O[C@H](C(=O)O)[C@@H](O)[C@H](O)[C@H]1O. The predicted molar refractivity (Wildman–Crippen MR) is 253 cm³/mol. The topological polar surface area (TPSA) is 295 Å². The van der Waals surface area contributed by atoms with Gasteiger partial charge in [-0.1, -0.05) is 72.2 Å². The van der Waals surface area contributed by atoms with E-state index in [0.717, 1.165) is 61.4 Å². The lowest BCUT2D eigenvalue weighted by atomic mass is 9.33. The molecule has 71 heavy (non-hydrogen) atoms. The summed E-state index contributed by atoms with van der Waals surface area (Å²) < 4.78 is 23.6. The zero-order valence-corrected chi connectivity index (χ0v) is 41.7. The quantitative estimate of drug-likeness (QED) is 0.135. The second-order valence-corrected chi connectivity index (χ2v) is 24.4. The number of ether oxygens (including phenoxy) is 4. The Hall–Kier alpha value is -3.82. The van der Waals surface area contributed by atoms with E-state index in [1.54, 1.807) is 0 Å².